The Morgan fingerprint density at radius 1 is 1.32 bits per heavy atom. The van der Waals surface area contributed by atoms with Gasteiger partial charge in [-0.25, -0.2) is 14.5 Å². The molecule has 9 nitrogen and oxygen atoms in total. The second-order valence-corrected chi connectivity index (χ2v) is 15.0. The van der Waals surface area contributed by atoms with Crippen LogP contribution in [-0.2, 0) is 9.16 Å². The SMILES string of the molecule is CN(C)C=Nc1ncnn2c([C@@H]3O[C@](C)(CO[Si](C)(C)C(C)(C)C)[C@@H](O)[C@H]3O)ccc12. The zero-order chi connectivity index (χ0) is 23.2. The normalized spacial score (nSPS) is 27.5. The van der Waals surface area contributed by atoms with Crippen molar-refractivity contribution in [3.8, 4) is 0 Å². The van der Waals surface area contributed by atoms with Crippen LogP contribution in [0.4, 0.5) is 5.82 Å². The highest BCUT2D eigenvalue weighted by molar-refractivity contribution is 6.74. The van der Waals surface area contributed by atoms with Crippen LogP contribution in [0.2, 0.25) is 18.1 Å². The van der Waals surface area contributed by atoms with Crippen molar-refractivity contribution in [2.45, 2.75) is 69.7 Å². The Morgan fingerprint density at radius 2 is 2.00 bits per heavy atom. The van der Waals surface area contributed by atoms with E-state index in [2.05, 4.69) is 48.9 Å². The Morgan fingerprint density at radius 3 is 2.61 bits per heavy atom. The molecule has 0 amide bonds. The highest BCUT2D eigenvalue weighted by atomic mass is 28.4. The predicted octanol–water partition coefficient (Wildman–Crippen LogP) is 2.52. The molecule has 2 N–H and O–H groups in total. The fraction of sp³-hybridized carbons (Fsp3) is 0.667. The average Bonchev–Trinajstić information content (AvgIpc) is 3.19. The molecule has 0 aliphatic carbocycles. The minimum atomic E-state index is -2.05. The topological polar surface area (TPSA) is 105 Å². The van der Waals surface area contributed by atoms with E-state index in [4.69, 9.17) is 9.16 Å². The van der Waals surface area contributed by atoms with Gasteiger partial charge in [-0.1, -0.05) is 20.8 Å². The summed E-state index contributed by atoms with van der Waals surface area (Å²) in [6, 6.07) is 3.65. The van der Waals surface area contributed by atoms with Gasteiger partial charge in [0.25, 0.3) is 0 Å². The van der Waals surface area contributed by atoms with Gasteiger partial charge in [0.2, 0.25) is 0 Å². The Hall–Kier alpha value is -1.85. The number of hydrogen-bond donors (Lipinski definition) is 2. The highest BCUT2D eigenvalue weighted by Crippen LogP contribution is 2.43. The summed E-state index contributed by atoms with van der Waals surface area (Å²) in [5.74, 6) is 0.506. The average molecular weight is 450 g/mol. The van der Waals surface area contributed by atoms with Gasteiger partial charge in [-0.15, -0.1) is 0 Å². The van der Waals surface area contributed by atoms with Crippen molar-refractivity contribution < 1.29 is 19.4 Å². The lowest BCUT2D eigenvalue weighted by atomic mass is 9.97. The van der Waals surface area contributed by atoms with Crippen molar-refractivity contribution in [1.29, 1.82) is 0 Å². The minimum absolute atomic E-state index is 0.0308. The zero-order valence-corrected chi connectivity index (χ0v) is 20.7. The summed E-state index contributed by atoms with van der Waals surface area (Å²) in [6.07, 6.45) is 0.104. The smallest absolute Gasteiger partial charge is 0.192 e. The molecular weight excluding hydrogens is 414 g/mol. The lowest BCUT2D eigenvalue weighted by molar-refractivity contribution is -0.0972. The molecule has 2 aromatic heterocycles. The first-order chi connectivity index (χ1) is 14.3. The third-order valence-corrected chi connectivity index (χ3v) is 10.8. The van der Waals surface area contributed by atoms with Crippen LogP contribution < -0.4 is 0 Å². The van der Waals surface area contributed by atoms with Gasteiger partial charge in [0, 0.05) is 14.1 Å². The molecule has 3 heterocycles. The number of nitrogens with zero attached hydrogens (tertiary/aromatic N) is 5. The summed E-state index contributed by atoms with van der Waals surface area (Å²) in [6.45, 7) is 12.8. The number of hydrogen-bond acceptors (Lipinski definition) is 7. The van der Waals surface area contributed by atoms with Gasteiger partial charge in [-0.05, 0) is 37.2 Å². The standard InChI is InChI=1S/C21H35N5O4Si/c1-20(2,3)31(7,8)29-11-21(4)18(28)16(27)17(30-21)14-9-10-15-19(23-13-25(5)6)22-12-24-26(14)15/h9-10,12-13,16-18,27-28H,11H2,1-8H3/t16-,17-,18-,21+/m0/s1. The van der Waals surface area contributed by atoms with Crippen LogP contribution in [0.5, 0.6) is 0 Å². The fourth-order valence-corrected chi connectivity index (χ4v) is 4.36. The van der Waals surface area contributed by atoms with Crippen LogP contribution in [0, 0.1) is 0 Å². The Balaban J connectivity index is 1.88. The van der Waals surface area contributed by atoms with E-state index in [0.29, 0.717) is 17.0 Å². The molecule has 4 atom stereocenters. The molecule has 0 saturated carbocycles. The largest absolute Gasteiger partial charge is 0.414 e. The Labute approximate surface area is 184 Å². The summed E-state index contributed by atoms with van der Waals surface area (Å²) in [5, 5.41) is 26.0. The van der Waals surface area contributed by atoms with Gasteiger partial charge in [-0.3, -0.25) is 0 Å². The van der Waals surface area contributed by atoms with Gasteiger partial charge < -0.3 is 24.3 Å². The maximum Gasteiger partial charge on any atom is 0.192 e. The van der Waals surface area contributed by atoms with E-state index in [-0.39, 0.29) is 11.6 Å². The summed E-state index contributed by atoms with van der Waals surface area (Å²) in [7, 11) is 1.71. The van der Waals surface area contributed by atoms with E-state index >= 15 is 0 Å². The van der Waals surface area contributed by atoms with Gasteiger partial charge in [0.15, 0.2) is 14.1 Å². The van der Waals surface area contributed by atoms with Gasteiger partial charge >= 0.3 is 0 Å². The highest BCUT2D eigenvalue weighted by Gasteiger charge is 2.53. The lowest BCUT2D eigenvalue weighted by Crippen LogP contribution is -2.50. The van der Waals surface area contributed by atoms with E-state index in [0.717, 1.165) is 0 Å². The van der Waals surface area contributed by atoms with E-state index < -0.39 is 32.2 Å². The van der Waals surface area contributed by atoms with Crippen LogP contribution in [0.15, 0.2) is 23.5 Å². The quantitative estimate of drug-likeness (QED) is 0.397. The van der Waals surface area contributed by atoms with Crippen molar-refractivity contribution in [2.24, 2.45) is 4.99 Å². The number of fused-ring (bicyclic) bond motifs is 1. The molecule has 1 aliphatic heterocycles. The van der Waals surface area contributed by atoms with Gasteiger partial charge in [0.1, 0.15) is 35.8 Å². The summed E-state index contributed by atoms with van der Waals surface area (Å²) in [4.78, 5) is 10.4. The zero-order valence-electron chi connectivity index (χ0n) is 19.7. The predicted molar refractivity (Wildman–Crippen MR) is 122 cm³/mol. The molecule has 0 aromatic carbocycles. The third kappa shape index (κ3) is 4.53. The second-order valence-electron chi connectivity index (χ2n) is 10.2. The summed E-state index contributed by atoms with van der Waals surface area (Å²) < 4.78 is 14.2. The number of aromatic nitrogens is 3. The molecule has 10 heteroatoms. The molecule has 0 unspecified atom stereocenters. The Bertz CT molecular complexity index is 955. The van der Waals surface area contributed by atoms with Crippen molar-refractivity contribution >= 4 is 26.0 Å². The molecular formula is C21H35N5O4Si. The van der Waals surface area contributed by atoms with Gasteiger partial charge in [0.05, 0.1) is 18.6 Å². The van der Waals surface area contributed by atoms with Crippen molar-refractivity contribution in [1.82, 2.24) is 19.5 Å². The Kier molecular flexibility index (Phi) is 6.33. The third-order valence-electron chi connectivity index (χ3n) is 6.34. The molecule has 1 fully saturated rings. The maximum absolute atomic E-state index is 10.8. The van der Waals surface area contributed by atoms with Crippen LogP contribution in [0.3, 0.4) is 0 Å². The lowest BCUT2D eigenvalue weighted by Gasteiger charge is -2.39. The maximum atomic E-state index is 10.8. The molecule has 172 valence electrons. The van der Waals surface area contributed by atoms with Crippen molar-refractivity contribution in [3.05, 3.63) is 24.2 Å². The van der Waals surface area contributed by atoms with Crippen molar-refractivity contribution in [3.63, 3.8) is 0 Å². The van der Waals surface area contributed by atoms with E-state index in [1.807, 2.05) is 31.1 Å². The number of aliphatic imine (C=N–C) groups is 1. The molecule has 0 radical (unpaired) electrons. The number of ether oxygens (including phenoxy) is 1. The first kappa shape index (κ1) is 23.8. The van der Waals surface area contributed by atoms with Gasteiger partial charge in [-0.2, -0.15) is 5.10 Å². The number of aliphatic hydroxyl groups is 2. The molecule has 31 heavy (non-hydrogen) atoms. The first-order valence-electron chi connectivity index (χ1n) is 10.5. The molecule has 1 aliphatic rings. The summed E-state index contributed by atoms with van der Waals surface area (Å²) >= 11 is 0. The monoisotopic (exact) mass is 449 g/mol. The second kappa shape index (κ2) is 8.25. The van der Waals surface area contributed by atoms with Crippen LogP contribution in [-0.4, -0.2) is 82.9 Å². The van der Waals surface area contributed by atoms with E-state index in [1.54, 1.807) is 17.8 Å². The van der Waals surface area contributed by atoms with E-state index in [9.17, 15) is 10.2 Å². The van der Waals surface area contributed by atoms with Crippen LogP contribution >= 0.6 is 0 Å². The fourth-order valence-electron chi connectivity index (χ4n) is 3.28. The number of rotatable bonds is 6. The van der Waals surface area contributed by atoms with Crippen molar-refractivity contribution in [2.75, 3.05) is 20.7 Å². The molecule has 0 spiro atoms. The van der Waals surface area contributed by atoms with Crippen LogP contribution in [0.1, 0.15) is 39.5 Å². The molecule has 1 saturated heterocycles. The summed E-state index contributed by atoms with van der Waals surface area (Å²) in [5.41, 5.74) is 0.274. The minimum Gasteiger partial charge on any atom is -0.414 e. The molecule has 2 aromatic rings. The molecule has 3 rings (SSSR count). The van der Waals surface area contributed by atoms with E-state index in [1.165, 1.54) is 6.33 Å². The number of aliphatic hydroxyl groups excluding tert-OH is 2. The molecule has 0 bridgehead atoms. The van der Waals surface area contributed by atoms with Crippen LogP contribution in [0.25, 0.3) is 5.52 Å². The first-order valence-corrected chi connectivity index (χ1v) is 13.4.